The first-order valence-corrected chi connectivity index (χ1v) is 8.88. The van der Waals surface area contributed by atoms with E-state index in [1.807, 2.05) is 11.8 Å². The molecular weight excluding hydrogens is 310 g/mol. The van der Waals surface area contributed by atoms with E-state index >= 15 is 0 Å². The van der Waals surface area contributed by atoms with Gasteiger partial charge in [-0.2, -0.15) is 4.98 Å². The first kappa shape index (κ1) is 16.1. The third-order valence-electron chi connectivity index (χ3n) is 4.05. The Bertz CT molecular complexity index is 669. The van der Waals surface area contributed by atoms with Crippen molar-refractivity contribution in [1.82, 2.24) is 15.0 Å². The van der Waals surface area contributed by atoms with Gasteiger partial charge >= 0.3 is 0 Å². The lowest BCUT2D eigenvalue weighted by atomic mass is 9.98. The van der Waals surface area contributed by atoms with Crippen molar-refractivity contribution in [1.29, 1.82) is 0 Å². The van der Waals surface area contributed by atoms with Crippen LogP contribution in [0.15, 0.2) is 33.7 Å². The molecule has 1 fully saturated rings. The number of amides is 1. The van der Waals surface area contributed by atoms with Crippen molar-refractivity contribution < 1.29 is 9.32 Å². The van der Waals surface area contributed by atoms with Crippen LogP contribution < -0.4 is 0 Å². The van der Waals surface area contributed by atoms with Gasteiger partial charge in [0.05, 0.1) is 11.7 Å². The van der Waals surface area contributed by atoms with E-state index in [-0.39, 0.29) is 11.8 Å². The van der Waals surface area contributed by atoms with Gasteiger partial charge in [-0.25, -0.2) is 0 Å². The molecule has 3 rings (SSSR count). The number of carbonyl (C=O) groups excluding carboxylic acids is 1. The van der Waals surface area contributed by atoms with Gasteiger partial charge in [-0.15, -0.1) is 11.8 Å². The van der Waals surface area contributed by atoms with Crippen LogP contribution in [0.25, 0.3) is 0 Å². The van der Waals surface area contributed by atoms with E-state index in [2.05, 4.69) is 41.3 Å². The number of hydrogen-bond acceptors (Lipinski definition) is 5. The number of likely N-dealkylation sites (tertiary alicyclic amines) is 1. The monoisotopic (exact) mass is 331 g/mol. The molecule has 0 aliphatic carbocycles. The number of aryl methyl sites for hydroxylation is 2. The average Bonchev–Trinajstić information content (AvgIpc) is 3.01. The fourth-order valence-electron chi connectivity index (χ4n) is 2.76. The van der Waals surface area contributed by atoms with Crippen LogP contribution in [-0.4, -0.2) is 39.8 Å². The molecule has 6 heteroatoms. The molecule has 0 spiro atoms. The number of hydrogen-bond donors (Lipinski definition) is 0. The summed E-state index contributed by atoms with van der Waals surface area (Å²) in [6.07, 6.45) is 1.98. The third-order valence-corrected chi connectivity index (χ3v) is 5.05. The quantitative estimate of drug-likeness (QED) is 0.805. The number of thioether (sulfide) groups is 1. The van der Waals surface area contributed by atoms with E-state index in [1.165, 1.54) is 5.56 Å². The van der Waals surface area contributed by atoms with Gasteiger partial charge < -0.3 is 9.42 Å². The highest BCUT2D eigenvalue weighted by atomic mass is 32.2. The van der Waals surface area contributed by atoms with Gasteiger partial charge in [-0.3, -0.25) is 4.79 Å². The molecule has 2 heterocycles. The first-order valence-electron chi connectivity index (χ1n) is 7.89. The predicted molar refractivity (Wildman–Crippen MR) is 89.5 cm³/mol. The lowest BCUT2D eigenvalue weighted by Gasteiger charge is -2.31. The zero-order valence-electron chi connectivity index (χ0n) is 13.5. The van der Waals surface area contributed by atoms with Crippen LogP contribution in [0.3, 0.4) is 0 Å². The molecule has 0 N–H and O–H groups in total. The molecule has 1 aliphatic rings. The standard InChI is InChI=1S/C17H21N3O2S/c1-12-5-7-15(8-6-12)23-11-16(21)20-9-3-4-14(10-20)17-18-13(2)19-22-17/h5-8,14H,3-4,9-11H2,1-2H3/t14-/m0/s1. The highest BCUT2D eigenvalue weighted by Crippen LogP contribution is 2.27. The number of carbonyl (C=O) groups is 1. The van der Waals surface area contributed by atoms with Gasteiger partial charge in [-0.1, -0.05) is 22.9 Å². The van der Waals surface area contributed by atoms with E-state index in [0.717, 1.165) is 24.3 Å². The highest BCUT2D eigenvalue weighted by molar-refractivity contribution is 8.00. The average molecular weight is 331 g/mol. The Labute approximate surface area is 140 Å². The minimum absolute atomic E-state index is 0.165. The van der Waals surface area contributed by atoms with Crippen molar-refractivity contribution in [3.05, 3.63) is 41.5 Å². The van der Waals surface area contributed by atoms with Crippen molar-refractivity contribution in [3.63, 3.8) is 0 Å². The number of benzene rings is 1. The molecule has 1 aliphatic heterocycles. The molecule has 1 saturated heterocycles. The number of aromatic nitrogens is 2. The summed E-state index contributed by atoms with van der Waals surface area (Å²) >= 11 is 1.59. The normalized spacial score (nSPS) is 18.2. The van der Waals surface area contributed by atoms with Crippen molar-refractivity contribution in [2.45, 2.75) is 37.5 Å². The van der Waals surface area contributed by atoms with E-state index < -0.39 is 0 Å². The summed E-state index contributed by atoms with van der Waals surface area (Å²) in [5.74, 6) is 2.12. The van der Waals surface area contributed by atoms with Crippen LogP contribution in [-0.2, 0) is 4.79 Å². The summed E-state index contributed by atoms with van der Waals surface area (Å²) in [4.78, 5) is 19.8. The van der Waals surface area contributed by atoms with Crippen LogP contribution in [0.2, 0.25) is 0 Å². The molecule has 0 saturated carbocycles. The number of piperidine rings is 1. The van der Waals surface area contributed by atoms with Crippen molar-refractivity contribution in [3.8, 4) is 0 Å². The van der Waals surface area contributed by atoms with E-state index in [1.54, 1.807) is 11.8 Å². The molecule has 0 unspecified atom stereocenters. The van der Waals surface area contributed by atoms with E-state index in [4.69, 9.17) is 4.52 Å². The Morgan fingerprint density at radius 1 is 1.35 bits per heavy atom. The lowest BCUT2D eigenvalue weighted by Crippen LogP contribution is -2.40. The van der Waals surface area contributed by atoms with E-state index in [9.17, 15) is 4.79 Å². The molecule has 23 heavy (non-hydrogen) atoms. The molecule has 2 aromatic rings. The summed E-state index contributed by atoms with van der Waals surface area (Å²) in [7, 11) is 0. The maximum atomic E-state index is 12.5. The van der Waals surface area contributed by atoms with E-state index in [0.29, 0.717) is 24.0 Å². The van der Waals surface area contributed by atoms with Gasteiger partial charge in [0.15, 0.2) is 5.82 Å². The topological polar surface area (TPSA) is 59.2 Å². The maximum absolute atomic E-state index is 12.5. The third kappa shape index (κ3) is 4.13. The Balaban J connectivity index is 1.55. The molecule has 1 amide bonds. The minimum Gasteiger partial charge on any atom is -0.341 e. The van der Waals surface area contributed by atoms with Gasteiger partial charge in [0.1, 0.15) is 0 Å². The molecule has 0 radical (unpaired) electrons. The van der Waals surface area contributed by atoms with Crippen LogP contribution in [0, 0.1) is 13.8 Å². The van der Waals surface area contributed by atoms with Gasteiger partial charge in [-0.05, 0) is 38.8 Å². The Hall–Kier alpha value is -1.82. The molecule has 0 bridgehead atoms. The molecule has 1 aromatic carbocycles. The molecule has 1 aromatic heterocycles. The van der Waals surface area contributed by atoms with Crippen LogP contribution in [0.4, 0.5) is 0 Å². The molecule has 5 nitrogen and oxygen atoms in total. The van der Waals surface area contributed by atoms with Crippen LogP contribution >= 0.6 is 11.8 Å². The van der Waals surface area contributed by atoms with Crippen LogP contribution in [0.5, 0.6) is 0 Å². The largest absolute Gasteiger partial charge is 0.341 e. The summed E-state index contributed by atoms with van der Waals surface area (Å²) in [5, 5.41) is 3.85. The summed E-state index contributed by atoms with van der Waals surface area (Å²) in [5.41, 5.74) is 1.23. The predicted octanol–water partition coefficient (Wildman–Crippen LogP) is 3.18. The second-order valence-electron chi connectivity index (χ2n) is 5.96. The fourth-order valence-corrected chi connectivity index (χ4v) is 3.56. The number of rotatable bonds is 4. The summed E-state index contributed by atoms with van der Waals surface area (Å²) in [6, 6.07) is 8.27. The smallest absolute Gasteiger partial charge is 0.232 e. The Kier molecular flexibility index (Phi) is 5.00. The fraction of sp³-hybridized carbons (Fsp3) is 0.471. The zero-order chi connectivity index (χ0) is 16.2. The summed E-state index contributed by atoms with van der Waals surface area (Å²) in [6.45, 7) is 5.37. The second-order valence-corrected chi connectivity index (χ2v) is 7.01. The summed E-state index contributed by atoms with van der Waals surface area (Å²) < 4.78 is 5.27. The van der Waals surface area contributed by atoms with Crippen molar-refractivity contribution in [2.75, 3.05) is 18.8 Å². The number of nitrogens with zero attached hydrogens (tertiary/aromatic N) is 3. The van der Waals surface area contributed by atoms with Gasteiger partial charge in [0.25, 0.3) is 0 Å². The highest BCUT2D eigenvalue weighted by Gasteiger charge is 2.28. The minimum atomic E-state index is 0.165. The lowest BCUT2D eigenvalue weighted by molar-refractivity contribution is -0.129. The SMILES string of the molecule is Cc1ccc(SCC(=O)N2CCC[C@H](c3nc(C)no3)C2)cc1. The van der Waals surface area contributed by atoms with Crippen molar-refractivity contribution in [2.24, 2.45) is 0 Å². The molecule has 1 atom stereocenters. The first-order chi connectivity index (χ1) is 11.1. The molecule has 122 valence electrons. The van der Waals surface area contributed by atoms with Crippen molar-refractivity contribution >= 4 is 17.7 Å². The van der Waals surface area contributed by atoms with Gasteiger partial charge in [0, 0.05) is 18.0 Å². The zero-order valence-corrected chi connectivity index (χ0v) is 14.3. The molecular formula is C17H21N3O2S. The van der Waals surface area contributed by atoms with Crippen LogP contribution in [0.1, 0.15) is 36.0 Å². The Morgan fingerprint density at radius 3 is 2.83 bits per heavy atom. The van der Waals surface area contributed by atoms with Gasteiger partial charge in [0.2, 0.25) is 11.8 Å². The maximum Gasteiger partial charge on any atom is 0.232 e. The second kappa shape index (κ2) is 7.17. The Morgan fingerprint density at radius 2 is 2.13 bits per heavy atom.